The predicted octanol–water partition coefficient (Wildman–Crippen LogP) is 4.92. The molecule has 10 heteroatoms. The quantitative estimate of drug-likeness (QED) is 0.303. The summed E-state index contributed by atoms with van der Waals surface area (Å²) in [6, 6.07) is 22.8. The van der Waals surface area contributed by atoms with Crippen molar-refractivity contribution in [2.45, 2.75) is 50.7 Å². The number of sulfonamides is 1. The van der Waals surface area contributed by atoms with Crippen molar-refractivity contribution in [1.29, 1.82) is 0 Å². The summed E-state index contributed by atoms with van der Waals surface area (Å²) in [5.74, 6) is -0.108. The highest BCUT2D eigenvalue weighted by molar-refractivity contribution is 9.10. The van der Waals surface area contributed by atoms with Gasteiger partial charge in [0.2, 0.25) is 21.8 Å². The molecule has 218 valence electrons. The highest BCUT2D eigenvalue weighted by atomic mass is 79.9. The van der Waals surface area contributed by atoms with E-state index in [1.165, 1.54) is 4.90 Å². The molecule has 2 amide bonds. The van der Waals surface area contributed by atoms with Gasteiger partial charge in [0, 0.05) is 23.5 Å². The van der Waals surface area contributed by atoms with Crippen LogP contribution in [0.15, 0.2) is 83.3 Å². The maximum absolute atomic E-state index is 14.2. The van der Waals surface area contributed by atoms with E-state index in [0.717, 1.165) is 47.4 Å². The third-order valence-corrected chi connectivity index (χ3v) is 8.87. The number of hydrogen-bond acceptors (Lipinski definition) is 5. The molecule has 0 heterocycles. The van der Waals surface area contributed by atoms with Crippen molar-refractivity contribution in [3.05, 3.63) is 94.5 Å². The molecule has 1 aliphatic rings. The van der Waals surface area contributed by atoms with E-state index < -0.39 is 28.5 Å². The maximum Gasteiger partial charge on any atom is 0.244 e. The smallest absolute Gasteiger partial charge is 0.244 e. The zero-order valence-corrected chi connectivity index (χ0v) is 25.7. The monoisotopic (exact) mass is 641 g/mol. The van der Waals surface area contributed by atoms with Crippen LogP contribution in [0, 0.1) is 0 Å². The van der Waals surface area contributed by atoms with Gasteiger partial charge in [-0.15, -0.1) is 0 Å². The highest BCUT2D eigenvalue weighted by Gasteiger charge is 2.34. The second-order valence-corrected chi connectivity index (χ2v) is 13.1. The topological polar surface area (TPSA) is 96.0 Å². The Morgan fingerprint density at radius 3 is 2.32 bits per heavy atom. The summed E-state index contributed by atoms with van der Waals surface area (Å²) in [7, 11) is -2.26. The van der Waals surface area contributed by atoms with Gasteiger partial charge < -0.3 is 15.0 Å². The number of hydrogen-bond donors (Lipinski definition) is 1. The minimum atomic E-state index is -3.83. The Balaban J connectivity index is 1.73. The molecule has 0 radical (unpaired) electrons. The Hall–Kier alpha value is -3.37. The van der Waals surface area contributed by atoms with Gasteiger partial charge in [0.05, 0.1) is 19.1 Å². The van der Waals surface area contributed by atoms with Crippen LogP contribution in [0.4, 0.5) is 5.69 Å². The van der Waals surface area contributed by atoms with Crippen molar-refractivity contribution in [2.75, 3.05) is 24.2 Å². The maximum atomic E-state index is 14.2. The summed E-state index contributed by atoms with van der Waals surface area (Å²) in [5.41, 5.74) is 2.01. The fraction of sp³-hybridized carbons (Fsp3) is 0.355. The summed E-state index contributed by atoms with van der Waals surface area (Å²) in [5, 5.41) is 3.17. The van der Waals surface area contributed by atoms with Crippen molar-refractivity contribution < 1.29 is 22.7 Å². The van der Waals surface area contributed by atoms with Crippen molar-refractivity contribution in [3.8, 4) is 5.75 Å². The van der Waals surface area contributed by atoms with Crippen molar-refractivity contribution in [1.82, 2.24) is 10.2 Å². The minimum Gasteiger partial charge on any atom is -0.497 e. The molecular formula is C31H36BrN3O5S. The SMILES string of the molecule is COc1cccc(CN(C(=O)CN(c2cccc(Br)c2)S(C)(=O)=O)C(Cc2ccccc2)C(=O)NC2CCCC2)c1. The number of benzene rings is 3. The molecule has 0 aromatic heterocycles. The van der Waals surface area contributed by atoms with Crippen LogP contribution in [0.3, 0.4) is 0 Å². The Kier molecular flexibility index (Phi) is 10.4. The van der Waals surface area contributed by atoms with Gasteiger partial charge in [0.15, 0.2) is 0 Å². The number of halogens is 1. The number of carbonyl (C=O) groups excluding carboxylic acids is 2. The van der Waals surface area contributed by atoms with Gasteiger partial charge in [-0.3, -0.25) is 13.9 Å². The van der Waals surface area contributed by atoms with Crippen molar-refractivity contribution >= 4 is 43.5 Å². The molecule has 1 atom stereocenters. The average molecular weight is 643 g/mol. The standard InChI is InChI=1S/C31H36BrN3O5S/c1-40-28-17-8-12-24(18-28)21-34(30(36)22-35(41(2,38)39)27-16-9-13-25(32)20-27)29(19-23-10-4-3-5-11-23)31(37)33-26-14-6-7-15-26/h3-5,8-13,16-18,20,26,29H,6-7,14-15,19,21-22H2,1-2H3,(H,33,37). The number of anilines is 1. The van der Waals surface area contributed by atoms with Gasteiger partial charge in [-0.05, 0) is 54.3 Å². The molecule has 1 aliphatic carbocycles. The molecular weight excluding hydrogens is 606 g/mol. The van der Waals surface area contributed by atoms with E-state index in [9.17, 15) is 18.0 Å². The zero-order chi connectivity index (χ0) is 29.4. The highest BCUT2D eigenvalue weighted by Crippen LogP contribution is 2.25. The number of nitrogens with zero attached hydrogens (tertiary/aromatic N) is 2. The van der Waals surface area contributed by atoms with E-state index in [2.05, 4.69) is 21.2 Å². The van der Waals surface area contributed by atoms with Crippen LogP contribution in [0.5, 0.6) is 5.75 Å². The Morgan fingerprint density at radius 1 is 0.976 bits per heavy atom. The number of rotatable bonds is 12. The first-order valence-corrected chi connectivity index (χ1v) is 16.3. The van der Waals surface area contributed by atoms with Crippen molar-refractivity contribution in [3.63, 3.8) is 0 Å². The second kappa shape index (κ2) is 14.0. The van der Waals surface area contributed by atoms with Gasteiger partial charge in [-0.1, -0.05) is 77.3 Å². The lowest BCUT2D eigenvalue weighted by molar-refractivity contribution is -0.140. The van der Waals surface area contributed by atoms with Crippen LogP contribution < -0.4 is 14.4 Å². The summed E-state index contributed by atoms with van der Waals surface area (Å²) in [6.45, 7) is -0.358. The lowest BCUT2D eigenvalue weighted by Gasteiger charge is -2.34. The molecule has 0 spiro atoms. The molecule has 4 rings (SSSR count). The summed E-state index contributed by atoms with van der Waals surface area (Å²) in [6.07, 6.45) is 5.26. The third kappa shape index (κ3) is 8.56. The fourth-order valence-corrected chi connectivity index (χ4v) is 6.36. The number of amides is 2. The second-order valence-electron chi connectivity index (χ2n) is 10.3. The molecule has 1 fully saturated rings. The minimum absolute atomic E-state index is 0.0590. The molecule has 1 saturated carbocycles. The van der Waals surface area contributed by atoms with Crippen LogP contribution in [0.2, 0.25) is 0 Å². The van der Waals surface area contributed by atoms with Crippen LogP contribution in [-0.2, 0) is 32.6 Å². The lowest BCUT2D eigenvalue weighted by Crippen LogP contribution is -2.54. The number of carbonyl (C=O) groups is 2. The van der Waals surface area contributed by atoms with Crippen LogP contribution in [-0.4, -0.2) is 57.1 Å². The Bertz CT molecular complexity index is 1440. The van der Waals surface area contributed by atoms with Gasteiger partial charge in [0.1, 0.15) is 18.3 Å². The largest absolute Gasteiger partial charge is 0.497 e. The van der Waals surface area contributed by atoms with Crippen molar-refractivity contribution in [2.24, 2.45) is 0 Å². The van der Waals surface area contributed by atoms with Gasteiger partial charge in [-0.25, -0.2) is 8.42 Å². The van der Waals surface area contributed by atoms with E-state index in [-0.39, 0.29) is 24.9 Å². The van der Waals surface area contributed by atoms with E-state index >= 15 is 0 Å². The van der Waals surface area contributed by atoms with Crippen LogP contribution in [0.1, 0.15) is 36.8 Å². The van der Waals surface area contributed by atoms with Crippen LogP contribution in [0.25, 0.3) is 0 Å². The first-order chi connectivity index (χ1) is 19.6. The molecule has 0 bridgehead atoms. The van der Waals surface area contributed by atoms with Gasteiger partial charge in [-0.2, -0.15) is 0 Å². The van der Waals surface area contributed by atoms with E-state index in [4.69, 9.17) is 4.74 Å². The first-order valence-electron chi connectivity index (χ1n) is 13.6. The van der Waals surface area contributed by atoms with Gasteiger partial charge >= 0.3 is 0 Å². The zero-order valence-electron chi connectivity index (χ0n) is 23.3. The van der Waals surface area contributed by atoms with E-state index in [0.29, 0.717) is 15.9 Å². The number of methoxy groups -OCH3 is 1. The fourth-order valence-electron chi connectivity index (χ4n) is 5.13. The number of nitrogens with one attached hydrogen (secondary N) is 1. The van der Waals surface area contributed by atoms with E-state index in [1.807, 2.05) is 54.6 Å². The first kappa shape index (κ1) is 30.6. The Labute approximate surface area is 250 Å². The summed E-state index contributed by atoms with van der Waals surface area (Å²) < 4.78 is 33.0. The van der Waals surface area contributed by atoms with Crippen LogP contribution >= 0.6 is 15.9 Å². The summed E-state index contributed by atoms with van der Waals surface area (Å²) >= 11 is 3.39. The molecule has 3 aromatic rings. The third-order valence-electron chi connectivity index (χ3n) is 7.24. The Morgan fingerprint density at radius 2 is 1.66 bits per heavy atom. The summed E-state index contributed by atoms with van der Waals surface area (Å²) in [4.78, 5) is 29.6. The average Bonchev–Trinajstić information content (AvgIpc) is 3.46. The number of ether oxygens (including phenoxy) is 1. The predicted molar refractivity (Wildman–Crippen MR) is 164 cm³/mol. The molecule has 8 nitrogen and oxygen atoms in total. The molecule has 0 aliphatic heterocycles. The molecule has 1 unspecified atom stereocenters. The van der Waals surface area contributed by atoms with E-state index in [1.54, 1.807) is 31.4 Å². The molecule has 1 N–H and O–H groups in total. The lowest BCUT2D eigenvalue weighted by atomic mass is 10.0. The molecule has 0 saturated heterocycles. The molecule has 41 heavy (non-hydrogen) atoms. The normalized spacial score (nSPS) is 14.3. The molecule has 3 aromatic carbocycles. The van der Waals surface area contributed by atoms with Gasteiger partial charge in [0.25, 0.3) is 0 Å².